The fraction of sp³-hybridized carbons (Fsp3) is 0.537. The number of carbonyl (C=O) groups excluding carboxylic acids is 3. The topological polar surface area (TPSA) is 144 Å². The fourth-order valence-electron chi connectivity index (χ4n) is 9.48. The van der Waals surface area contributed by atoms with Crippen molar-refractivity contribution in [1.29, 1.82) is 0 Å². The molecule has 0 spiro atoms. The average molecular weight is 791 g/mol. The predicted octanol–water partition coefficient (Wildman–Crippen LogP) is 5.97. The van der Waals surface area contributed by atoms with Crippen molar-refractivity contribution in [3.05, 3.63) is 87.6 Å². The molecule has 2 aromatic carbocycles. The largest absolute Gasteiger partial charge is 0.481 e. The monoisotopic (exact) mass is 790 g/mol. The highest BCUT2D eigenvalue weighted by Crippen LogP contribution is 2.64. The van der Waals surface area contributed by atoms with Gasteiger partial charge in [0.15, 0.2) is 0 Å². The summed E-state index contributed by atoms with van der Waals surface area (Å²) in [6.07, 6.45) is -1.10. The minimum absolute atomic E-state index is 0.0214. The second-order valence-corrected chi connectivity index (χ2v) is 17.4. The van der Waals surface area contributed by atoms with Crippen molar-refractivity contribution in [3.8, 4) is 0 Å². The number of benzene rings is 2. The van der Waals surface area contributed by atoms with Crippen molar-refractivity contribution in [2.24, 2.45) is 17.3 Å². The Bertz CT molecular complexity index is 2150. The first-order valence-corrected chi connectivity index (χ1v) is 19.5. The van der Waals surface area contributed by atoms with E-state index in [2.05, 4.69) is 41.7 Å². The van der Waals surface area contributed by atoms with Gasteiger partial charge < -0.3 is 30.2 Å². The van der Waals surface area contributed by atoms with E-state index >= 15 is 0 Å². The molecule has 8 rings (SSSR count). The molecule has 3 heterocycles. The summed E-state index contributed by atoms with van der Waals surface area (Å²) in [6, 6.07) is 10.3. The van der Waals surface area contributed by atoms with E-state index in [-0.39, 0.29) is 53.9 Å². The zero-order chi connectivity index (χ0) is 41.2. The summed E-state index contributed by atoms with van der Waals surface area (Å²) in [6.45, 7) is 10.2. The van der Waals surface area contributed by atoms with Crippen LogP contribution in [-0.4, -0.2) is 71.0 Å². The third-order valence-corrected chi connectivity index (χ3v) is 12.8. The van der Waals surface area contributed by atoms with Crippen molar-refractivity contribution in [3.63, 3.8) is 0 Å². The Morgan fingerprint density at radius 2 is 1.79 bits per heavy atom. The summed E-state index contributed by atoms with van der Waals surface area (Å²) in [5, 5.41) is 8.87. The van der Waals surface area contributed by atoms with E-state index in [9.17, 15) is 32.3 Å². The Labute approximate surface area is 330 Å². The highest BCUT2D eigenvalue weighted by molar-refractivity contribution is 6.47. The minimum atomic E-state index is -4.54. The van der Waals surface area contributed by atoms with Crippen LogP contribution >= 0.6 is 0 Å². The maximum atomic E-state index is 14.4. The molecule has 1 saturated heterocycles. The predicted molar refractivity (Wildman–Crippen MR) is 208 cm³/mol. The van der Waals surface area contributed by atoms with Gasteiger partial charge in [0.25, 0.3) is 11.5 Å². The van der Waals surface area contributed by atoms with E-state index < -0.39 is 59.2 Å². The maximum Gasteiger partial charge on any atom is 0.481 e. The van der Waals surface area contributed by atoms with Crippen molar-refractivity contribution in [2.45, 2.75) is 109 Å². The molecule has 12 nitrogen and oxygen atoms in total. The summed E-state index contributed by atoms with van der Waals surface area (Å²) in [4.78, 5) is 61.4. The van der Waals surface area contributed by atoms with E-state index in [1.54, 1.807) is 45.3 Å². The molecule has 5 aliphatic rings. The van der Waals surface area contributed by atoms with E-state index in [1.165, 1.54) is 27.8 Å². The number of aromatic nitrogens is 2. The summed E-state index contributed by atoms with van der Waals surface area (Å²) in [5.74, 6) is -0.710. The first kappa shape index (κ1) is 40.5. The number of amides is 3. The Balaban J connectivity index is 1.16. The molecule has 1 aromatic heterocycles. The minimum Gasteiger partial charge on any atom is -0.404 e. The number of carbonyl (C=O) groups is 3. The van der Waals surface area contributed by atoms with Crippen LogP contribution < -0.4 is 21.5 Å². The Morgan fingerprint density at radius 1 is 1.05 bits per heavy atom. The maximum absolute atomic E-state index is 14.4. The Hall–Kier alpha value is -4.70. The van der Waals surface area contributed by atoms with Gasteiger partial charge in [-0.15, -0.1) is 0 Å². The smallest absolute Gasteiger partial charge is 0.404 e. The second-order valence-electron chi connectivity index (χ2n) is 17.4. The third-order valence-electron chi connectivity index (χ3n) is 12.8. The van der Waals surface area contributed by atoms with Gasteiger partial charge in [-0.25, -0.2) is 4.98 Å². The lowest BCUT2D eigenvalue weighted by Crippen LogP contribution is -2.63. The lowest BCUT2D eigenvalue weighted by atomic mass is 9.45. The lowest BCUT2D eigenvalue weighted by molar-refractivity contribution is -0.185. The molecule has 3 N–H and O–H groups in total. The fourth-order valence-corrected chi connectivity index (χ4v) is 9.48. The molecule has 3 aromatic rings. The van der Waals surface area contributed by atoms with Crippen molar-refractivity contribution in [1.82, 2.24) is 19.8 Å². The Morgan fingerprint density at radius 3 is 2.47 bits per heavy atom. The summed E-state index contributed by atoms with van der Waals surface area (Å²) < 4.78 is 54.7. The molecule has 4 fully saturated rings. The number of nitrogens with one attached hydrogen (secondary N) is 3. The number of nitrogens with zero attached hydrogens (tertiary/aromatic N) is 3. The van der Waals surface area contributed by atoms with E-state index in [0.29, 0.717) is 29.5 Å². The van der Waals surface area contributed by atoms with Crippen LogP contribution in [0.5, 0.6) is 0 Å². The van der Waals surface area contributed by atoms with E-state index in [0.717, 1.165) is 25.0 Å². The van der Waals surface area contributed by atoms with Gasteiger partial charge in [-0.2, -0.15) is 13.2 Å². The molecule has 3 unspecified atom stereocenters. The molecule has 2 bridgehead atoms. The molecule has 3 aliphatic carbocycles. The highest BCUT2D eigenvalue weighted by Gasteiger charge is 2.67. The molecule has 3 saturated carbocycles. The number of fused-ring (bicyclic) bond motifs is 1. The summed E-state index contributed by atoms with van der Waals surface area (Å²) >= 11 is 0. The molecule has 57 heavy (non-hydrogen) atoms. The van der Waals surface area contributed by atoms with Crippen molar-refractivity contribution < 1.29 is 36.9 Å². The van der Waals surface area contributed by atoms with Crippen LogP contribution in [-0.2, 0) is 37.0 Å². The molecule has 304 valence electrons. The van der Waals surface area contributed by atoms with Crippen LogP contribution in [0.1, 0.15) is 100 Å². The van der Waals surface area contributed by atoms with Crippen LogP contribution in [0.3, 0.4) is 0 Å². The zero-order valence-corrected chi connectivity index (χ0v) is 33.3. The lowest BCUT2D eigenvalue weighted by Gasteiger charge is -2.63. The number of hydrogen-bond acceptors (Lipinski definition) is 8. The SMILES string of the molecule is CC[C@H](NC(=O)[C@@H]1C[C@@](C)(CC(=O)Nc2ccccc2C(=O)N(C)C)c2ncc(NCc3cccc(C(F)(F)F)c3)c(=O)n21)B1OC2C3CC(C[C@]2(C)O1)C3(C)C. The molecule has 16 heteroatoms. The van der Waals surface area contributed by atoms with Crippen LogP contribution in [0.25, 0.3) is 0 Å². The number of halogens is 3. The molecular weight excluding hydrogens is 740 g/mol. The van der Waals surface area contributed by atoms with Crippen molar-refractivity contribution in [2.75, 3.05) is 24.7 Å². The zero-order valence-electron chi connectivity index (χ0n) is 33.3. The van der Waals surface area contributed by atoms with Gasteiger partial charge in [0.1, 0.15) is 17.6 Å². The van der Waals surface area contributed by atoms with Gasteiger partial charge in [0, 0.05) is 32.5 Å². The van der Waals surface area contributed by atoms with E-state index in [4.69, 9.17) is 9.31 Å². The number of hydrogen-bond donors (Lipinski definition) is 3. The van der Waals surface area contributed by atoms with Crippen LogP contribution in [0.4, 0.5) is 24.5 Å². The van der Waals surface area contributed by atoms with Gasteiger partial charge in [0.05, 0.1) is 40.7 Å². The molecule has 7 atom stereocenters. The number of alkyl halides is 3. The van der Waals surface area contributed by atoms with Gasteiger partial charge >= 0.3 is 13.3 Å². The van der Waals surface area contributed by atoms with Gasteiger partial charge in [0.2, 0.25) is 11.8 Å². The second kappa shape index (κ2) is 14.6. The van der Waals surface area contributed by atoms with E-state index in [1.807, 2.05) is 6.92 Å². The van der Waals surface area contributed by atoms with Crippen LogP contribution in [0.2, 0.25) is 0 Å². The first-order valence-electron chi connectivity index (χ1n) is 19.5. The Kier molecular flexibility index (Phi) is 10.4. The highest BCUT2D eigenvalue weighted by atomic mass is 19.4. The van der Waals surface area contributed by atoms with Gasteiger partial charge in [-0.3, -0.25) is 23.7 Å². The molecule has 2 aliphatic heterocycles. The molecular formula is C41H50BF3N6O6. The quantitative estimate of drug-likeness (QED) is 0.202. The average Bonchev–Trinajstić information content (AvgIpc) is 3.67. The number of para-hydroxylation sites is 1. The molecule has 0 radical (unpaired) electrons. The van der Waals surface area contributed by atoms with Gasteiger partial charge in [-0.05, 0) is 79.7 Å². The van der Waals surface area contributed by atoms with Crippen LogP contribution in [0, 0.1) is 17.3 Å². The standard InChI is InChI=1S/C41H50BF3N6O6/c1-8-31(42-56-33-27-17-25(38(27,2)3)18-40(33,5)57-42)49-34(53)30-19-39(4,20-32(52)48-28-15-10-9-14-26(28)35(54)50(6)7)37-47-22-29(36(55)51(30)37)46-21-23-12-11-13-24(16-23)41(43,44)45/h9-16,22,25,27,30-31,33,46H,8,17-21H2,1-7H3,(H,48,52)(H,49,53)/t25?,27?,30-,31-,33?,39-,40-/m0/s1. The molecule has 3 amide bonds. The van der Waals surface area contributed by atoms with Crippen molar-refractivity contribution >= 4 is 36.2 Å². The third kappa shape index (κ3) is 7.35. The number of rotatable bonds is 11. The number of anilines is 2. The van der Waals surface area contributed by atoms with Gasteiger partial charge in [-0.1, -0.05) is 52.0 Å². The van der Waals surface area contributed by atoms with Crippen LogP contribution in [0.15, 0.2) is 59.5 Å². The summed E-state index contributed by atoms with van der Waals surface area (Å²) in [7, 11) is 2.51. The first-order chi connectivity index (χ1) is 26.8. The normalized spacial score (nSPS) is 27.4. The summed E-state index contributed by atoms with van der Waals surface area (Å²) in [5.41, 5.74) is -2.01.